The number of hydrogen-bond acceptors (Lipinski definition) is 1. The molecule has 0 aliphatic heterocycles. The summed E-state index contributed by atoms with van der Waals surface area (Å²) >= 11 is 0. The highest BCUT2D eigenvalue weighted by Gasteiger charge is 1.97. The molecule has 2 heteroatoms. The maximum atomic E-state index is 11.3. The Kier molecular flexibility index (Phi) is 0.826. The van der Waals surface area contributed by atoms with Gasteiger partial charge in [0.15, 0.2) is 0 Å². The molecule has 0 spiro atoms. The van der Waals surface area contributed by atoms with Crippen molar-refractivity contribution in [2.24, 2.45) is 0 Å². The summed E-state index contributed by atoms with van der Waals surface area (Å²) in [4.78, 5) is 11.3. The Morgan fingerprint density at radius 1 is 1.50 bits per heavy atom. The van der Waals surface area contributed by atoms with Gasteiger partial charge in [0.05, 0.1) is 6.85 Å². The SMILES string of the molecule is [2H]c1c([2H])c([2H])c(C(=O)NC)c([2H])c1[2H]. The topological polar surface area (TPSA) is 29.1 Å². The predicted octanol–water partition coefficient (Wildman–Crippen LogP) is 1.05. The van der Waals surface area contributed by atoms with E-state index < -0.39 is 36.1 Å². The van der Waals surface area contributed by atoms with E-state index in [-0.39, 0.29) is 5.56 Å². The molecule has 0 bridgehead atoms. The lowest BCUT2D eigenvalue weighted by Gasteiger charge is -1.96. The monoisotopic (exact) mass is 140 g/mol. The highest BCUT2D eigenvalue weighted by atomic mass is 16.1. The molecular weight excluding hydrogens is 126 g/mol. The van der Waals surface area contributed by atoms with Crippen LogP contribution in [0.5, 0.6) is 0 Å². The first kappa shape index (κ1) is 2.74. The fraction of sp³-hybridized carbons (Fsp3) is 0.125. The smallest absolute Gasteiger partial charge is 0.251 e. The Morgan fingerprint density at radius 2 is 2.10 bits per heavy atom. The van der Waals surface area contributed by atoms with Crippen LogP contribution < -0.4 is 5.32 Å². The zero-order valence-electron chi connectivity index (χ0n) is 10.4. The summed E-state index contributed by atoms with van der Waals surface area (Å²) in [6.45, 7) is 0. The van der Waals surface area contributed by atoms with Crippen LogP contribution in [-0.4, -0.2) is 13.0 Å². The van der Waals surface area contributed by atoms with E-state index in [4.69, 9.17) is 6.85 Å². The second-order valence-corrected chi connectivity index (χ2v) is 1.58. The molecular formula is C8H9NO. The van der Waals surface area contributed by atoms with Gasteiger partial charge in [-0.3, -0.25) is 4.79 Å². The summed E-state index contributed by atoms with van der Waals surface area (Å²) in [7, 11) is 1.34. The van der Waals surface area contributed by atoms with Crippen molar-refractivity contribution >= 4 is 5.91 Å². The van der Waals surface area contributed by atoms with E-state index in [9.17, 15) is 4.79 Å². The molecule has 1 aromatic rings. The minimum Gasteiger partial charge on any atom is -0.355 e. The van der Waals surface area contributed by atoms with Crippen LogP contribution in [0, 0.1) is 0 Å². The van der Waals surface area contributed by atoms with Crippen molar-refractivity contribution in [3.8, 4) is 0 Å². The maximum absolute atomic E-state index is 11.3. The van der Waals surface area contributed by atoms with E-state index in [2.05, 4.69) is 5.32 Å². The van der Waals surface area contributed by atoms with Crippen LogP contribution in [-0.2, 0) is 0 Å². The van der Waals surface area contributed by atoms with Gasteiger partial charge in [0.2, 0.25) is 0 Å². The van der Waals surface area contributed by atoms with E-state index in [1.807, 2.05) is 0 Å². The van der Waals surface area contributed by atoms with Crippen LogP contribution in [0.25, 0.3) is 0 Å². The third-order valence-electron chi connectivity index (χ3n) is 0.954. The number of carbonyl (C=O) groups excluding carboxylic acids is 1. The fourth-order valence-corrected chi connectivity index (χ4v) is 0.489. The van der Waals surface area contributed by atoms with Crippen molar-refractivity contribution in [2.75, 3.05) is 7.05 Å². The Morgan fingerprint density at radius 3 is 2.60 bits per heavy atom. The van der Waals surface area contributed by atoms with E-state index >= 15 is 0 Å². The van der Waals surface area contributed by atoms with Crippen molar-refractivity contribution in [2.45, 2.75) is 0 Å². The Balaban J connectivity index is 3.60. The first-order chi connectivity index (χ1) is 6.91. The summed E-state index contributed by atoms with van der Waals surface area (Å²) in [5.41, 5.74) is -0.330. The second-order valence-electron chi connectivity index (χ2n) is 1.58. The predicted molar refractivity (Wildman–Crippen MR) is 39.8 cm³/mol. The van der Waals surface area contributed by atoms with Gasteiger partial charge in [-0.05, 0) is 12.1 Å². The molecule has 0 aliphatic carbocycles. The minimum atomic E-state index is -0.688. The lowest BCUT2D eigenvalue weighted by atomic mass is 10.2. The first-order valence-electron chi connectivity index (χ1n) is 5.20. The summed E-state index contributed by atoms with van der Waals surface area (Å²) in [5.74, 6) is -0.688. The van der Waals surface area contributed by atoms with Gasteiger partial charge in [-0.2, -0.15) is 0 Å². The molecule has 0 atom stereocenters. The molecule has 1 aromatic carbocycles. The number of carbonyl (C=O) groups is 1. The van der Waals surface area contributed by atoms with E-state index in [1.165, 1.54) is 7.05 Å². The maximum Gasteiger partial charge on any atom is 0.251 e. The zero-order chi connectivity index (χ0) is 11.7. The lowest BCUT2D eigenvalue weighted by Crippen LogP contribution is -2.17. The van der Waals surface area contributed by atoms with Crippen molar-refractivity contribution in [1.82, 2.24) is 5.32 Å². The third-order valence-corrected chi connectivity index (χ3v) is 0.954. The largest absolute Gasteiger partial charge is 0.355 e. The summed E-state index contributed by atoms with van der Waals surface area (Å²) in [6, 6.07) is -2.48. The second kappa shape index (κ2) is 3.01. The quantitative estimate of drug-likeness (QED) is 0.620. The van der Waals surface area contributed by atoms with E-state index in [0.29, 0.717) is 0 Å². The van der Waals surface area contributed by atoms with Crippen LogP contribution in [0.3, 0.4) is 0 Å². The summed E-state index contributed by atoms with van der Waals surface area (Å²) in [6.07, 6.45) is 0. The molecule has 0 saturated carbocycles. The average Bonchev–Trinajstić information content (AvgIpc) is 2.23. The normalized spacial score (nSPS) is 15.9. The molecule has 0 aromatic heterocycles. The summed E-state index contributed by atoms with van der Waals surface area (Å²) in [5, 5.41) is 2.23. The molecule has 0 aliphatic rings. The standard InChI is InChI=1S/C8H9NO/c1-9-8(10)7-5-3-2-4-6-7/h2-6H,1H3,(H,9,10)/i2D,3D,4D,5D,6D. The number of nitrogens with one attached hydrogen (secondary N) is 1. The van der Waals surface area contributed by atoms with Crippen LogP contribution in [0.15, 0.2) is 30.2 Å². The number of amides is 1. The molecule has 0 heterocycles. The molecule has 0 radical (unpaired) electrons. The highest BCUT2D eigenvalue weighted by molar-refractivity contribution is 5.93. The number of hydrogen-bond donors (Lipinski definition) is 1. The average molecular weight is 140 g/mol. The van der Waals surface area contributed by atoms with Gasteiger partial charge in [0.25, 0.3) is 5.91 Å². The van der Waals surface area contributed by atoms with E-state index in [0.717, 1.165) is 0 Å². The van der Waals surface area contributed by atoms with Gasteiger partial charge in [-0.25, -0.2) is 0 Å². The van der Waals surface area contributed by atoms with Crippen molar-refractivity contribution in [3.63, 3.8) is 0 Å². The molecule has 1 amide bonds. The van der Waals surface area contributed by atoms with Gasteiger partial charge >= 0.3 is 0 Å². The molecule has 2 nitrogen and oxygen atoms in total. The van der Waals surface area contributed by atoms with Crippen molar-refractivity contribution in [3.05, 3.63) is 35.8 Å². The Bertz CT molecular complexity index is 403. The number of rotatable bonds is 1. The fourth-order valence-electron chi connectivity index (χ4n) is 0.489. The van der Waals surface area contributed by atoms with Gasteiger partial charge in [0, 0.05) is 12.6 Å². The molecule has 1 rings (SSSR count). The Labute approximate surface area is 66.9 Å². The lowest BCUT2D eigenvalue weighted by molar-refractivity contribution is 0.0963. The molecule has 52 valence electrons. The van der Waals surface area contributed by atoms with Crippen molar-refractivity contribution in [1.29, 1.82) is 0 Å². The first-order valence-corrected chi connectivity index (χ1v) is 2.70. The molecule has 1 N–H and O–H groups in total. The summed E-state index contributed by atoms with van der Waals surface area (Å²) < 4.78 is 36.8. The Hall–Kier alpha value is -1.31. The van der Waals surface area contributed by atoms with Gasteiger partial charge < -0.3 is 5.32 Å². The minimum absolute atomic E-state index is 0.330. The van der Waals surface area contributed by atoms with Crippen LogP contribution in [0.1, 0.15) is 17.2 Å². The molecule has 0 unspecified atom stereocenters. The zero-order valence-corrected chi connectivity index (χ0v) is 5.41. The van der Waals surface area contributed by atoms with Crippen LogP contribution in [0.4, 0.5) is 0 Å². The van der Waals surface area contributed by atoms with Crippen LogP contribution in [0.2, 0.25) is 0 Å². The van der Waals surface area contributed by atoms with E-state index in [1.54, 1.807) is 0 Å². The molecule has 10 heavy (non-hydrogen) atoms. The highest BCUT2D eigenvalue weighted by Crippen LogP contribution is 1.96. The van der Waals surface area contributed by atoms with Gasteiger partial charge in [0.1, 0.15) is 0 Å². The molecule has 0 saturated heterocycles. The van der Waals surface area contributed by atoms with Crippen molar-refractivity contribution < 1.29 is 11.6 Å². The third kappa shape index (κ3) is 1.35. The van der Waals surface area contributed by atoms with Crippen LogP contribution >= 0.6 is 0 Å². The van der Waals surface area contributed by atoms with Gasteiger partial charge in [-0.15, -0.1) is 0 Å². The molecule has 0 fully saturated rings. The number of benzene rings is 1. The van der Waals surface area contributed by atoms with Gasteiger partial charge in [-0.1, -0.05) is 18.1 Å².